The van der Waals surface area contributed by atoms with Crippen LogP contribution in [0.25, 0.3) is 11.3 Å². The maximum Gasteiger partial charge on any atom is 0.123 e. The Balaban J connectivity index is 1.95. The van der Waals surface area contributed by atoms with E-state index in [1.807, 2.05) is 31.6 Å². The van der Waals surface area contributed by atoms with E-state index in [1.54, 1.807) is 12.1 Å². The molecule has 21 heavy (non-hydrogen) atoms. The zero-order valence-electron chi connectivity index (χ0n) is 11.8. The SMILES string of the molecule is CCc1cc(F)cc(C2c3ccccc3-c3cncn32)c1. The molecule has 1 aromatic heterocycles. The van der Waals surface area contributed by atoms with Gasteiger partial charge in [0.15, 0.2) is 0 Å². The zero-order valence-corrected chi connectivity index (χ0v) is 11.8. The lowest BCUT2D eigenvalue weighted by molar-refractivity contribution is 0.616. The lowest BCUT2D eigenvalue weighted by Gasteiger charge is -2.16. The Morgan fingerprint density at radius 3 is 2.90 bits per heavy atom. The summed E-state index contributed by atoms with van der Waals surface area (Å²) >= 11 is 0. The fourth-order valence-corrected chi connectivity index (χ4v) is 3.22. The lowest BCUT2D eigenvalue weighted by atomic mass is 9.95. The Bertz CT molecular complexity index is 820. The van der Waals surface area contributed by atoms with Crippen LogP contribution in [0.4, 0.5) is 4.39 Å². The van der Waals surface area contributed by atoms with Crippen molar-refractivity contribution in [2.75, 3.05) is 0 Å². The van der Waals surface area contributed by atoms with E-state index in [9.17, 15) is 4.39 Å². The van der Waals surface area contributed by atoms with Gasteiger partial charge in [-0.3, -0.25) is 0 Å². The molecule has 0 spiro atoms. The molecule has 1 atom stereocenters. The third kappa shape index (κ3) is 1.81. The van der Waals surface area contributed by atoms with Gasteiger partial charge in [0.25, 0.3) is 0 Å². The molecule has 2 nitrogen and oxygen atoms in total. The number of aryl methyl sites for hydroxylation is 1. The van der Waals surface area contributed by atoms with Crippen LogP contribution in [-0.2, 0) is 6.42 Å². The van der Waals surface area contributed by atoms with E-state index in [0.717, 1.165) is 23.2 Å². The van der Waals surface area contributed by atoms with E-state index in [1.165, 1.54) is 11.1 Å². The Labute approximate surface area is 122 Å². The zero-order chi connectivity index (χ0) is 14.4. The molecular weight excluding hydrogens is 263 g/mol. The molecule has 0 saturated carbocycles. The molecule has 104 valence electrons. The maximum absolute atomic E-state index is 13.9. The Morgan fingerprint density at radius 2 is 2.05 bits per heavy atom. The van der Waals surface area contributed by atoms with Crippen LogP contribution in [-0.4, -0.2) is 9.55 Å². The molecule has 2 heterocycles. The summed E-state index contributed by atoms with van der Waals surface area (Å²) < 4.78 is 16.0. The number of rotatable bonds is 2. The van der Waals surface area contributed by atoms with Crippen molar-refractivity contribution in [3.8, 4) is 11.3 Å². The van der Waals surface area contributed by atoms with E-state index in [0.29, 0.717) is 0 Å². The molecule has 3 heteroatoms. The molecule has 0 fully saturated rings. The first-order chi connectivity index (χ1) is 10.3. The fourth-order valence-electron chi connectivity index (χ4n) is 3.22. The molecule has 1 aliphatic rings. The van der Waals surface area contributed by atoms with Gasteiger partial charge in [-0.05, 0) is 35.2 Å². The fraction of sp³-hybridized carbons (Fsp3) is 0.167. The van der Waals surface area contributed by atoms with Crippen LogP contribution in [0.3, 0.4) is 0 Å². The minimum Gasteiger partial charge on any atom is -0.319 e. The van der Waals surface area contributed by atoms with Gasteiger partial charge >= 0.3 is 0 Å². The third-order valence-electron chi connectivity index (χ3n) is 4.18. The smallest absolute Gasteiger partial charge is 0.123 e. The normalized spacial score (nSPS) is 15.8. The van der Waals surface area contributed by atoms with Gasteiger partial charge in [0.1, 0.15) is 5.82 Å². The van der Waals surface area contributed by atoms with Crippen molar-refractivity contribution in [2.24, 2.45) is 0 Å². The molecule has 0 bridgehead atoms. The average Bonchev–Trinajstić information content (AvgIpc) is 3.06. The molecular formula is C18H15FN2. The second-order valence-corrected chi connectivity index (χ2v) is 5.42. The van der Waals surface area contributed by atoms with E-state index < -0.39 is 0 Å². The average molecular weight is 278 g/mol. The number of hydrogen-bond acceptors (Lipinski definition) is 1. The highest BCUT2D eigenvalue weighted by atomic mass is 19.1. The topological polar surface area (TPSA) is 17.8 Å². The molecule has 1 aliphatic heterocycles. The summed E-state index contributed by atoms with van der Waals surface area (Å²) in [7, 11) is 0. The van der Waals surface area contributed by atoms with Crippen molar-refractivity contribution >= 4 is 0 Å². The molecule has 3 aromatic rings. The first-order valence-electron chi connectivity index (χ1n) is 7.18. The number of fused-ring (bicyclic) bond motifs is 3. The number of imidazole rings is 1. The number of nitrogens with zero attached hydrogens (tertiary/aromatic N) is 2. The van der Waals surface area contributed by atoms with Crippen LogP contribution >= 0.6 is 0 Å². The summed E-state index contributed by atoms with van der Waals surface area (Å²) in [4.78, 5) is 4.25. The molecule has 0 saturated heterocycles. The Hall–Kier alpha value is -2.42. The van der Waals surface area contributed by atoms with Crippen molar-refractivity contribution in [1.29, 1.82) is 0 Å². The summed E-state index contributed by atoms with van der Waals surface area (Å²) in [5.74, 6) is -0.171. The van der Waals surface area contributed by atoms with Gasteiger partial charge in [-0.2, -0.15) is 0 Å². The van der Waals surface area contributed by atoms with Crippen molar-refractivity contribution in [2.45, 2.75) is 19.4 Å². The first-order valence-corrected chi connectivity index (χ1v) is 7.18. The van der Waals surface area contributed by atoms with E-state index in [2.05, 4.69) is 27.8 Å². The predicted molar refractivity (Wildman–Crippen MR) is 80.7 cm³/mol. The molecule has 2 aromatic carbocycles. The molecule has 4 rings (SSSR count). The van der Waals surface area contributed by atoms with Gasteiger partial charge in [-0.15, -0.1) is 0 Å². The number of halogens is 1. The number of benzene rings is 2. The monoisotopic (exact) mass is 278 g/mol. The standard InChI is InChI=1S/C18H15FN2/c1-2-12-7-13(9-14(19)8-12)18-16-6-4-3-5-15(16)17-10-20-11-21(17)18/h3-11,18H,2H2,1H3. The summed E-state index contributed by atoms with van der Waals surface area (Å²) in [6, 6.07) is 13.6. The summed E-state index contributed by atoms with van der Waals surface area (Å²) in [5, 5.41) is 0. The highest BCUT2D eigenvalue weighted by Crippen LogP contribution is 2.42. The summed E-state index contributed by atoms with van der Waals surface area (Å²) in [6.45, 7) is 2.05. The van der Waals surface area contributed by atoms with Crippen molar-refractivity contribution in [3.05, 3.63) is 77.5 Å². The van der Waals surface area contributed by atoms with Gasteiger partial charge in [0.2, 0.25) is 0 Å². The minimum absolute atomic E-state index is 0.0136. The van der Waals surface area contributed by atoms with E-state index >= 15 is 0 Å². The van der Waals surface area contributed by atoms with Crippen molar-refractivity contribution in [1.82, 2.24) is 9.55 Å². The van der Waals surface area contributed by atoms with Gasteiger partial charge in [-0.25, -0.2) is 9.37 Å². The molecule has 0 N–H and O–H groups in total. The predicted octanol–water partition coefficient (Wildman–Crippen LogP) is 4.20. The maximum atomic E-state index is 13.9. The molecule has 1 unspecified atom stereocenters. The second-order valence-electron chi connectivity index (χ2n) is 5.42. The van der Waals surface area contributed by atoms with Crippen LogP contribution in [0.2, 0.25) is 0 Å². The lowest BCUT2D eigenvalue weighted by Crippen LogP contribution is -2.07. The Morgan fingerprint density at radius 1 is 1.19 bits per heavy atom. The largest absolute Gasteiger partial charge is 0.319 e. The van der Waals surface area contributed by atoms with Crippen LogP contribution < -0.4 is 0 Å². The van der Waals surface area contributed by atoms with Gasteiger partial charge in [-0.1, -0.05) is 37.3 Å². The third-order valence-corrected chi connectivity index (χ3v) is 4.18. The van der Waals surface area contributed by atoms with E-state index in [-0.39, 0.29) is 11.9 Å². The first kappa shape index (κ1) is 12.3. The van der Waals surface area contributed by atoms with Crippen LogP contribution in [0.1, 0.15) is 29.7 Å². The van der Waals surface area contributed by atoms with Gasteiger partial charge in [0, 0.05) is 5.56 Å². The second kappa shape index (κ2) is 4.55. The number of aromatic nitrogens is 2. The highest BCUT2D eigenvalue weighted by molar-refractivity contribution is 5.70. The Kier molecular flexibility index (Phi) is 2.67. The van der Waals surface area contributed by atoms with Crippen LogP contribution in [0.15, 0.2) is 55.0 Å². The minimum atomic E-state index is -0.171. The van der Waals surface area contributed by atoms with Crippen molar-refractivity contribution < 1.29 is 4.39 Å². The van der Waals surface area contributed by atoms with Gasteiger partial charge < -0.3 is 4.57 Å². The highest BCUT2D eigenvalue weighted by Gasteiger charge is 2.29. The van der Waals surface area contributed by atoms with Gasteiger partial charge in [0.05, 0.1) is 24.3 Å². The quantitative estimate of drug-likeness (QED) is 0.537. The summed E-state index contributed by atoms with van der Waals surface area (Å²) in [5.41, 5.74) is 5.50. The van der Waals surface area contributed by atoms with Crippen molar-refractivity contribution in [3.63, 3.8) is 0 Å². The van der Waals surface area contributed by atoms with Crippen LogP contribution in [0, 0.1) is 5.82 Å². The van der Waals surface area contributed by atoms with E-state index in [4.69, 9.17) is 0 Å². The summed E-state index contributed by atoms with van der Waals surface area (Å²) in [6.07, 6.45) is 4.53. The molecule has 0 amide bonds. The molecule has 0 radical (unpaired) electrons. The number of hydrogen-bond donors (Lipinski definition) is 0. The van der Waals surface area contributed by atoms with Crippen LogP contribution in [0.5, 0.6) is 0 Å². The molecule has 0 aliphatic carbocycles.